The fourth-order valence-electron chi connectivity index (χ4n) is 2.79. The normalized spacial score (nSPS) is 14.1. The number of hydrogen-bond acceptors (Lipinski definition) is 4. The monoisotopic (exact) mass is 348 g/mol. The van der Waals surface area contributed by atoms with Gasteiger partial charge in [-0.15, -0.1) is 0 Å². The van der Waals surface area contributed by atoms with E-state index in [9.17, 15) is 9.59 Å². The van der Waals surface area contributed by atoms with Gasteiger partial charge in [-0.25, -0.2) is 4.79 Å². The average molecular weight is 348 g/mol. The molecule has 1 rings (SSSR count). The van der Waals surface area contributed by atoms with E-state index in [-0.39, 0.29) is 17.8 Å². The lowest BCUT2D eigenvalue weighted by atomic mass is 10.00. The fraction of sp³-hybridized carbons (Fsp3) is 0.600. The highest BCUT2D eigenvalue weighted by Gasteiger charge is 2.35. The van der Waals surface area contributed by atoms with Crippen molar-refractivity contribution in [3.8, 4) is 0 Å². The van der Waals surface area contributed by atoms with Gasteiger partial charge in [-0.2, -0.15) is 0 Å². The molecule has 0 heterocycles. The first-order valence-corrected chi connectivity index (χ1v) is 8.77. The van der Waals surface area contributed by atoms with Gasteiger partial charge in [0.25, 0.3) is 0 Å². The van der Waals surface area contributed by atoms with E-state index in [1.54, 1.807) is 14.1 Å². The van der Waals surface area contributed by atoms with Crippen LogP contribution in [0.1, 0.15) is 40.2 Å². The highest BCUT2D eigenvalue weighted by Crippen LogP contribution is 2.18. The van der Waals surface area contributed by atoms with Crippen LogP contribution in [-0.2, 0) is 20.7 Å². The largest absolute Gasteiger partial charge is 0.458 e. The minimum absolute atomic E-state index is 0.0435. The number of nitrogens with one attached hydrogen (secondary N) is 1. The van der Waals surface area contributed by atoms with Crippen molar-refractivity contribution in [1.29, 1.82) is 0 Å². The third kappa shape index (κ3) is 6.50. The topological polar surface area (TPSA) is 58.6 Å². The summed E-state index contributed by atoms with van der Waals surface area (Å²) in [5, 5.41) is 3.07. The van der Waals surface area contributed by atoms with Gasteiger partial charge in [-0.05, 0) is 45.7 Å². The summed E-state index contributed by atoms with van der Waals surface area (Å²) in [6.45, 7) is 9.33. The van der Waals surface area contributed by atoms with Crippen LogP contribution < -0.4 is 5.32 Å². The molecule has 1 aromatic rings. The summed E-state index contributed by atoms with van der Waals surface area (Å²) in [5.41, 5.74) is 0.488. The molecule has 0 aliphatic heterocycles. The van der Waals surface area contributed by atoms with Gasteiger partial charge in [0.1, 0.15) is 11.6 Å². The van der Waals surface area contributed by atoms with E-state index in [0.717, 1.165) is 5.56 Å². The third-order valence-electron chi connectivity index (χ3n) is 3.97. The van der Waals surface area contributed by atoms with E-state index < -0.39 is 17.7 Å². The summed E-state index contributed by atoms with van der Waals surface area (Å²) in [6, 6.07) is 8.83. The molecule has 1 aromatic carbocycles. The molecule has 140 valence electrons. The number of carbonyl (C=O) groups is 2. The van der Waals surface area contributed by atoms with Crippen molar-refractivity contribution >= 4 is 11.9 Å². The Morgan fingerprint density at radius 1 is 1.16 bits per heavy atom. The van der Waals surface area contributed by atoms with Crippen molar-refractivity contribution in [2.45, 2.75) is 58.7 Å². The molecule has 5 nitrogen and oxygen atoms in total. The van der Waals surface area contributed by atoms with Crippen LogP contribution in [0, 0.1) is 5.92 Å². The van der Waals surface area contributed by atoms with Crippen LogP contribution in [0.2, 0.25) is 0 Å². The van der Waals surface area contributed by atoms with Crippen LogP contribution >= 0.6 is 0 Å². The number of hydrogen-bond donors (Lipinski definition) is 1. The smallest absolute Gasteiger partial charge is 0.329 e. The van der Waals surface area contributed by atoms with Gasteiger partial charge in [0, 0.05) is 7.05 Å². The van der Waals surface area contributed by atoms with Crippen molar-refractivity contribution in [3.05, 3.63) is 35.9 Å². The number of esters is 1. The van der Waals surface area contributed by atoms with Gasteiger partial charge in [0.2, 0.25) is 5.91 Å². The molecule has 0 unspecified atom stereocenters. The molecule has 25 heavy (non-hydrogen) atoms. The van der Waals surface area contributed by atoms with Crippen molar-refractivity contribution in [1.82, 2.24) is 10.2 Å². The molecule has 0 saturated carbocycles. The van der Waals surface area contributed by atoms with Gasteiger partial charge >= 0.3 is 5.97 Å². The Kier molecular flexibility index (Phi) is 7.61. The van der Waals surface area contributed by atoms with Crippen LogP contribution in [0.4, 0.5) is 0 Å². The maximum absolute atomic E-state index is 13.0. The van der Waals surface area contributed by atoms with E-state index in [4.69, 9.17) is 4.74 Å². The second-order valence-electron chi connectivity index (χ2n) is 7.70. The van der Waals surface area contributed by atoms with Crippen LogP contribution in [0.15, 0.2) is 30.3 Å². The molecule has 1 amide bonds. The molecular weight excluding hydrogens is 316 g/mol. The Bertz CT molecular complexity index is 564. The van der Waals surface area contributed by atoms with Gasteiger partial charge in [-0.3, -0.25) is 4.79 Å². The Balaban J connectivity index is 2.92. The average Bonchev–Trinajstić information content (AvgIpc) is 2.50. The molecular formula is C20H32N2O3. The molecule has 5 heteroatoms. The Morgan fingerprint density at radius 2 is 1.72 bits per heavy atom. The van der Waals surface area contributed by atoms with E-state index >= 15 is 0 Å². The number of benzene rings is 1. The second kappa shape index (κ2) is 8.99. The standard InChI is InChI=1S/C20H32N2O3/c1-14(2)17(19(24)25-20(3,4)5)22(7)18(23)16(21-6)13-15-11-9-8-10-12-15/h8-12,14,16-17,21H,13H2,1-7H3/t16-,17-/m0/s1. The first-order chi connectivity index (χ1) is 11.6. The minimum atomic E-state index is -0.613. The highest BCUT2D eigenvalue weighted by atomic mass is 16.6. The van der Waals surface area contributed by atoms with Crippen LogP contribution in [0.3, 0.4) is 0 Å². The second-order valence-corrected chi connectivity index (χ2v) is 7.70. The molecule has 0 saturated heterocycles. The van der Waals surface area contributed by atoms with Gasteiger partial charge in [0.15, 0.2) is 0 Å². The maximum atomic E-state index is 13.0. The van der Waals surface area contributed by atoms with Gasteiger partial charge < -0.3 is 15.0 Å². The number of ether oxygens (including phenoxy) is 1. The fourth-order valence-corrected chi connectivity index (χ4v) is 2.79. The molecule has 1 N–H and O–H groups in total. The van der Waals surface area contributed by atoms with Crippen molar-refractivity contribution < 1.29 is 14.3 Å². The summed E-state index contributed by atoms with van der Waals surface area (Å²) in [5.74, 6) is -0.526. The van der Waals surface area contributed by atoms with Crippen LogP contribution in [0.25, 0.3) is 0 Å². The predicted octanol–water partition coefficient (Wildman–Crippen LogP) is 2.64. The Labute approximate surface area is 151 Å². The van der Waals surface area contributed by atoms with Crippen molar-refractivity contribution in [3.63, 3.8) is 0 Å². The summed E-state index contributed by atoms with van der Waals surface area (Å²) >= 11 is 0. The molecule has 0 bridgehead atoms. The lowest BCUT2D eigenvalue weighted by molar-refractivity contribution is -0.166. The molecule has 0 spiro atoms. The molecule has 0 aliphatic carbocycles. The number of carbonyl (C=O) groups excluding carboxylic acids is 2. The van der Waals surface area contributed by atoms with Crippen molar-refractivity contribution in [2.75, 3.05) is 14.1 Å². The predicted molar refractivity (Wildman–Crippen MR) is 100 cm³/mol. The Morgan fingerprint density at radius 3 is 2.16 bits per heavy atom. The summed E-state index contributed by atoms with van der Waals surface area (Å²) in [4.78, 5) is 27.0. The highest BCUT2D eigenvalue weighted by molar-refractivity contribution is 5.88. The van der Waals surface area contributed by atoms with E-state index in [0.29, 0.717) is 6.42 Å². The van der Waals surface area contributed by atoms with Crippen molar-refractivity contribution in [2.24, 2.45) is 5.92 Å². The number of amides is 1. The Hall–Kier alpha value is -1.88. The third-order valence-corrected chi connectivity index (χ3v) is 3.97. The quantitative estimate of drug-likeness (QED) is 0.770. The summed E-state index contributed by atoms with van der Waals surface area (Å²) < 4.78 is 5.51. The van der Waals surface area contributed by atoms with E-state index in [1.807, 2.05) is 65.0 Å². The lowest BCUT2D eigenvalue weighted by Gasteiger charge is -2.34. The number of nitrogens with zero attached hydrogens (tertiary/aromatic N) is 1. The van der Waals surface area contributed by atoms with Gasteiger partial charge in [-0.1, -0.05) is 44.2 Å². The zero-order chi connectivity index (χ0) is 19.2. The van der Waals surface area contributed by atoms with E-state index in [2.05, 4.69) is 5.32 Å². The molecule has 0 fully saturated rings. The van der Waals surface area contributed by atoms with Crippen LogP contribution in [0.5, 0.6) is 0 Å². The number of rotatable bonds is 7. The summed E-state index contributed by atoms with van der Waals surface area (Å²) in [7, 11) is 3.43. The first-order valence-electron chi connectivity index (χ1n) is 8.77. The minimum Gasteiger partial charge on any atom is -0.458 e. The van der Waals surface area contributed by atoms with E-state index in [1.165, 1.54) is 4.90 Å². The SMILES string of the molecule is CN[C@@H](Cc1ccccc1)C(=O)N(C)[C@H](C(=O)OC(C)(C)C)C(C)C. The molecule has 2 atom stereocenters. The zero-order valence-electron chi connectivity index (χ0n) is 16.5. The summed E-state index contributed by atoms with van der Waals surface area (Å²) in [6.07, 6.45) is 0.569. The van der Waals surface area contributed by atoms with Crippen LogP contribution in [-0.4, -0.2) is 48.6 Å². The molecule has 0 radical (unpaired) electrons. The molecule has 0 aliphatic rings. The molecule has 0 aromatic heterocycles. The number of likely N-dealkylation sites (N-methyl/N-ethyl adjacent to an activating group) is 2. The zero-order valence-corrected chi connectivity index (χ0v) is 16.5. The maximum Gasteiger partial charge on any atom is 0.329 e. The lowest BCUT2D eigenvalue weighted by Crippen LogP contribution is -2.54. The first kappa shape index (κ1) is 21.2. The van der Waals surface area contributed by atoms with Gasteiger partial charge in [0.05, 0.1) is 6.04 Å².